The predicted octanol–water partition coefficient (Wildman–Crippen LogP) is 1.44. The maximum atomic E-state index is 14.0. The van der Waals surface area contributed by atoms with Gasteiger partial charge in [-0.25, -0.2) is 4.39 Å². The van der Waals surface area contributed by atoms with E-state index in [2.05, 4.69) is 14.6 Å². The van der Waals surface area contributed by atoms with E-state index in [1.807, 2.05) is 0 Å². The van der Waals surface area contributed by atoms with Crippen LogP contribution in [0, 0.1) is 12.7 Å². The summed E-state index contributed by atoms with van der Waals surface area (Å²) in [6, 6.07) is 3.21. The van der Waals surface area contributed by atoms with Crippen LogP contribution in [0.3, 0.4) is 0 Å². The van der Waals surface area contributed by atoms with Crippen molar-refractivity contribution in [2.75, 3.05) is 7.05 Å². The van der Waals surface area contributed by atoms with Crippen LogP contribution in [0.15, 0.2) is 12.1 Å². The number of nitrogens with one attached hydrogen (secondary N) is 1. The molecule has 1 amide bonds. The van der Waals surface area contributed by atoms with Gasteiger partial charge < -0.3 is 10.1 Å². The Hall–Kier alpha value is -1.28. The van der Waals surface area contributed by atoms with Gasteiger partial charge >= 0.3 is 0 Å². The largest absolute Gasteiger partial charge is 0.359 e. The Labute approximate surface area is 108 Å². The van der Waals surface area contributed by atoms with Gasteiger partial charge in [0.25, 0.3) is 0 Å². The number of carbonyl (C=O) groups is 2. The van der Waals surface area contributed by atoms with Gasteiger partial charge in [0.15, 0.2) is 0 Å². The smallest absolute Gasteiger partial charge is 0.227 e. The third kappa shape index (κ3) is 3.36. The molecule has 1 aromatic carbocycles. The summed E-state index contributed by atoms with van der Waals surface area (Å²) in [5.41, 5.74) is 1.15. The van der Waals surface area contributed by atoms with Gasteiger partial charge in [0.2, 0.25) is 5.91 Å². The fraction of sp³-hybridized carbons (Fsp3) is 0.385. The van der Waals surface area contributed by atoms with E-state index >= 15 is 0 Å². The van der Waals surface area contributed by atoms with Crippen LogP contribution in [-0.2, 0) is 9.59 Å². The molecule has 0 aliphatic rings. The Morgan fingerprint density at radius 2 is 2.22 bits per heavy atom. The van der Waals surface area contributed by atoms with Crippen molar-refractivity contribution in [1.82, 2.24) is 5.32 Å². The van der Waals surface area contributed by atoms with Gasteiger partial charge in [0, 0.05) is 19.0 Å². The minimum Gasteiger partial charge on any atom is -0.359 e. The first-order chi connectivity index (χ1) is 8.51. The number of amides is 1. The van der Waals surface area contributed by atoms with E-state index in [0.717, 1.165) is 11.8 Å². The quantitative estimate of drug-likeness (QED) is 0.649. The first-order valence-electron chi connectivity index (χ1n) is 5.72. The van der Waals surface area contributed by atoms with E-state index in [0.29, 0.717) is 17.3 Å². The highest BCUT2D eigenvalue weighted by molar-refractivity contribution is 7.27. The summed E-state index contributed by atoms with van der Waals surface area (Å²) in [6.07, 6.45) is 1.28. The first-order valence-corrected chi connectivity index (χ1v) is 6.29. The molecule has 0 bridgehead atoms. The molecule has 2 atom stereocenters. The minimum atomic E-state index is -0.631. The Kier molecular flexibility index (Phi) is 5.42. The summed E-state index contributed by atoms with van der Waals surface area (Å²) in [4.78, 5) is 22.2. The maximum absolute atomic E-state index is 14.0. The van der Waals surface area contributed by atoms with Crippen molar-refractivity contribution in [3.8, 4) is 0 Å². The molecular weight excluding hydrogens is 252 g/mol. The number of likely N-dealkylation sites (N-methyl/N-ethyl adjacent to an activating group) is 1. The van der Waals surface area contributed by atoms with Crippen molar-refractivity contribution in [1.29, 1.82) is 0 Å². The Balaban J connectivity index is 3.19. The van der Waals surface area contributed by atoms with Gasteiger partial charge in [-0.15, -0.1) is 9.24 Å². The van der Waals surface area contributed by atoms with Gasteiger partial charge in [-0.3, -0.25) is 4.79 Å². The number of aldehydes is 1. The van der Waals surface area contributed by atoms with Crippen LogP contribution in [0.2, 0.25) is 0 Å². The number of hydrogen-bond acceptors (Lipinski definition) is 2. The van der Waals surface area contributed by atoms with Crippen molar-refractivity contribution >= 4 is 26.7 Å². The zero-order chi connectivity index (χ0) is 13.7. The third-order valence-corrected chi connectivity index (χ3v) is 3.27. The average molecular weight is 269 g/mol. The second-order valence-electron chi connectivity index (χ2n) is 4.16. The van der Waals surface area contributed by atoms with Crippen molar-refractivity contribution in [2.45, 2.75) is 25.7 Å². The molecule has 0 radical (unpaired) electrons. The highest BCUT2D eigenvalue weighted by Crippen LogP contribution is 2.24. The molecule has 0 saturated heterocycles. The van der Waals surface area contributed by atoms with Crippen LogP contribution in [0.1, 0.15) is 29.9 Å². The SMILES string of the molecule is CNC(=O)C(CCC=O)c1c(F)cc(C)cc1P. The van der Waals surface area contributed by atoms with E-state index in [1.165, 1.54) is 13.1 Å². The first kappa shape index (κ1) is 14.8. The Morgan fingerprint density at radius 3 is 2.72 bits per heavy atom. The van der Waals surface area contributed by atoms with E-state index in [-0.39, 0.29) is 12.3 Å². The molecule has 3 nitrogen and oxygen atoms in total. The summed E-state index contributed by atoms with van der Waals surface area (Å²) >= 11 is 0. The molecule has 1 rings (SSSR count). The highest BCUT2D eigenvalue weighted by atomic mass is 31.0. The van der Waals surface area contributed by atoms with Gasteiger partial charge in [0.1, 0.15) is 12.1 Å². The maximum Gasteiger partial charge on any atom is 0.227 e. The van der Waals surface area contributed by atoms with Crippen LogP contribution in [0.25, 0.3) is 0 Å². The molecule has 1 N–H and O–H groups in total. The molecule has 0 saturated carbocycles. The molecule has 0 aliphatic carbocycles. The van der Waals surface area contributed by atoms with Crippen LogP contribution in [-0.4, -0.2) is 19.2 Å². The number of rotatable bonds is 5. The van der Waals surface area contributed by atoms with Crippen molar-refractivity contribution in [2.24, 2.45) is 0 Å². The lowest BCUT2D eigenvalue weighted by atomic mass is 9.92. The molecular formula is C13H17FNO2P. The highest BCUT2D eigenvalue weighted by Gasteiger charge is 2.24. The summed E-state index contributed by atoms with van der Waals surface area (Å²) in [5, 5.41) is 3.17. The summed E-state index contributed by atoms with van der Waals surface area (Å²) in [5.74, 6) is -1.31. The van der Waals surface area contributed by atoms with Crippen molar-refractivity contribution < 1.29 is 14.0 Å². The monoisotopic (exact) mass is 269 g/mol. The van der Waals surface area contributed by atoms with Gasteiger partial charge in [0.05, 0.1) is 5.92 Å². The predicted molar refractivity (Wildman–Crippen MR) is 72.6 cm³/mol. The second-order valence-corrected chi connectivity index (χ2v) is 4.78. The van der Waals surface area contributed by atoms with Crippen LogP contribution in [0.4, 0.5) is 4.39 Å². The molecule has 0 aromatic heterocycles. The summed E-state index contributed by atoms with van der Waals surface area (Å²) in [7, 11) is 3.95. The van der Waals surface area contributed by atoms with E-state index in [4.69, 9.17) is 0 Å². The Morgan fingerprint density at radius 1 is 1.56 bits per heavy atom. The van der Waals surface area contributed by atoms with E-state index in [1.54, 1.807) is 13.0 Å². The number of carbonyl (C=O) groups excluding carboxylic acids is 2. The molecule has 0 aliphatic heterocycles. The lowest BCUT2D eigenvalue weighted by Crippen LogP contribution is -2.29. The Bertz CT molecular complexity index is 439. The number of halogens is 1. The van der Waals surface area contributed by atoms with Gasteiger partial charge in [-0.05, 0) is 30.3 Å². The molecule has 1 aromatic rings. The molecule has 18 heavy (non-hydrogen) atoms. The number of hydrogen-bond donors (Lipinski definition) is 1. The molecule has 0 fully saturated rings. The van der Waals surface area contributed by atoms with Crippen LogP contribution < -0.4 is 10.6 Å². The molecule has 98 valence electrons. The normalized spacial score (nSPS) is 12.0. The lowest BCUT2D eigenvalue weighted by molar-refractivity contribution is -0.122. The average Bonchev–Trinajstić information content (AvgIpc) is 2.31. The summed E-state index contributed by atoms with van der Waals surface area (Å²) < 4.78 is 14.0. The number of aryl methyl sites for hydroxylation is 1. The zero-order valence-corrected chi connectivity index (χ0v) is 11.7. The van der Waals surface area contributed by atoms with Crippen LogP contribution in [0.5, 0.6) is 0 Å². The van der Waals surface area contributed by atoms with E-state index in [9.17, 15) is 14.0 Å². The van der Waals surface area contributed by atoms with Crippen LogP contribution >= 0.6 is 9.24 Å². The topological polar surface area (TPSA) is 46.2 Å². The standard InChI is InChI=1S/C13H17FNO2P/c1-8-6-10(14)12(11(18)7-8)9(4-3-5-16)13(17)15-2/h5-7,9H,3-4,18H2,1-2H3,(H,15,17). The fourth-order valence-corrected chi connectivity index (χ4v) is 2.57. The molecule has 2 unspecified atom stereocenters. The fourth-order valence-electron chi connectivity index (χ4n) is 1.96. The minimum absolute atomic E-state index is 0.232. The van der Waals surface area contributed by atoms with Gasteiger partial charge in [-0.2, -0.15) is 0 Å². The second kappa shape index (κ2) is 6.60. The van der Waals surface area contributed by atoms with E-state index < -0.39 is 11.7 Å². The van der Waals surface area contributed by atoms with Crippen molar-refractivity contribution in [3.05, 3.63) is 29.1 Å². The molecule has 5 heteroatoms. The lowest BCUT2D eigenvalue weighted by Gasteiger charge is -2.18. The van der Waals surface area contributed by atoms with Crippen molar-refractivity contribution in [3.63, 3.8) is 0 Å². The number of benzene rings is 1. The molecule has 0 heterocycles. The molecule has 0 spiro atoms. The van der Waals surface area contributed by atoms with Gasteiger partial charge in [-0.1, -0.05) is 6.07 Å². The third-order valence-electron chi connectivity index (χ3n) is 2.79. The summed E-state index contributed by atoms with van der Waals surface area (Å²) in [6.45, 7) is 1.79. The zero-order valence-electron chi connectivity index (χ0n) is 10.5.